The normalized spacial score (nSPS) is 10.8. The fourth-order valence-corrected chi connectivity index (χ4v) is 2.51. The maximum Gasteiger partial charge on any atom is 0.128 e. The Kier molecular flexibility index (Phi) is 2.11. The Hall–Kier alpha value is -0.480. The molecule has 0 aliphatic carbocycles. The van der Waals surface area contributed by atoms with Crippen molar-refractivity contribution >= 4 is 37.5 Å². The van der Waals surface area contributed by atoms with E-state index in [0.717, 1.165) is 21.2 Å². The first-order valence-electron chi connectivity index (χ1n) is 3.70. The molecule has 0 saturated heterocycles. The van der Waals surface area contributed by atoms with Gasteiger partial charge in [-0.25, -0.2) is 9.97 Å². The molecular formula is C8H7BrN2S. The van der Waals surface area contributed by atoms with Gasteiger partial charge in [-0.2, -0.15) is 0 Å². The molecule has 2 aromatic heterocycles. The van der Waals surface area contributed by atoms with Crippen molar-refractivity contribution in [1.29, 1.82) is 0 Å². The Balaban J connectivity index is 2.74. The van der Waals surface area contributed by atoms with E-state index in [1.165, 1.54) is 4.88 Å². The van der Waals surface area contributed by atoms with Crippen LogP contribution in [0.15, 0.2) is 17.0 Å². The first kappa shape index (κ1) is 8.13. The molecule has 0 atom stereocenters. The Morgan fingerprint density at radius 2 is 2.33 bits per heavy atom. The highest BCUT2D eigenvalue weighted by Gasteiger charge is 2.04. The number of aryl methyl sites for hydroxylation is 1. The van der Waals surface area contributed by atoms with E-state index < -0.39 is 0 Å². The van der Waals surface area contributed by atoms with Gasteiger partial charge >= 0.3 is 0 Å². The molecule has 0 amide bonds. The Morgan fingerprint density at radius 3 is 3.00 bits per heavy atom. The summed E-state index contributed by atoms with van der Waals surface area (Å²) >= 11 is 5.13. The lowest BCUT2D eigenvalue weighted by atomic mass is 10.3. The van der Waals surface area contributed by atoms with Gasteiger partial charge in [0.1, 0.15) is 15.8 Å². The van der Waals surface area contributed by atoms with Gasteiger partial charge in [-0.3, -0.25) is 0 Å². The van der Waals surface area contributed by atoms with E-state index in [1.807, 2.05) is 0 Å². The smallest absolute Gasteiger partial charge is 0.128 e. The monoisotopic (exact) mass is 242 g/mol. The minimum absolute atomic E-state index is 0.892. The van der Waals surface area contributed by atoms with Crippen molar-refractivity contribution in [2.45, 2.75) is 13.3 Å². The fourth-order valence-electron chi connectivity index (χ4n) is 1.05. The van der Waals surface area contributed by atoms with Crippen LogP contribution in [-0.4, -0.2) is 9.97 Å². The quantitative estimate of drug-likeness (QED) is 0.719. The lowest BCUT2D eigenvalue weighted by Crippen LogP contribution is -1.77. The van der Waals surface area contributed by atoms with E-state index >= 15 is 0 Å². The van der Waals surface area contributed by atoms with Gasteiger partial charge in [0.15, 0.2) is 0 Å². The Labute approximate surface area is 82.8 Å². The summed E-state index contributed by atoms with van der Waals surface area (Å²) in [5, 5.41) is 1.12. The molecule has 4 heteroatoms. The van der Waals surface area contributed by atoms with E-state index in [-0.39, 0.29) is 0 Å². The van der Waals surface area contributed by atoms with Crippen molar-refractivity contribution in [1.82, 2.24) is 9.97 Å². The maximum atomic E-state index is 4.19. The third-order valence-corrected chi connectivity index (χ3v) is 3.50. The van der Waals surface area contributed by atoms with Crippen LogP contribution in [0.1, 0.15) is 11.8 Å². The van der Waals surface area contributed by atoms with E-state index in [9.17, 15) is 0 Å². The molecule has 2 nitrogen and oxygen atoms in total. The van der Waals surface area contributed by atoms with E-state index in [2.05, 4.69) is 38.9 Å². The standard InChI is InChI=1S/C8H7BrN2S/c1-2-5-3-6-7(9)10-4-11-8(6)12-5/h3-4H,2H2,1H3. The second-order valence-electron chi connectivity index (χ2n) is 2.45. The highest BCUT2D eigenvalue weighted by molar-refractivity contribution is 9.10. The summed E-state index contributed by atoms with van der Waals surface area (Å²) in [6.45, 7) is 2.14. The molecule has 2 rings (SSSR count). The molecule has 0 aliphatic rings. The van der Waals surface area contributed by atoms with E-state index in [4.69, 9.17) is 0 Å². The molecule has 0 unspecified atom stereocenters. The largest absolute Gasteiger partial charge is 0.229 e. The van der Waals surface area contributed by atoms with Crippen molar-refractivity contribution < 1.29 is 0 Å². The van der Waals surface area contributed by atoms with Gasteiger partial charge in [0.2, 0.25) is 0 Å². The van der Waals surface area contributed by atoms with Crippen LogP contribution in [0.3, 0.4) is 0 Å². The van der Waals surface area contributed by atoms with E-state index in [1.54, 1.807) is 17.7 Å². The van der Waals surface area contributed by atoms with Gasteiger partial charge in [-0.15, -0.1) is 11.3 Å². The summed E-state index contributed by atoms with van der Waals surface area (Å²) in [7, 11) is 0. The summed E-state index contributed by atoms with van der Waals surface area (Å²) in [5.41, 5.74) is 0. The molecular weight excluding hydrogens is 236 g/mol. The maximum absolute atomic E-state index is 4.19. The predicted octanol–water partition coefficient (Wildman–Crippen LogP) is 3.02. The zero-order chi connectivity index (χ0) is 8.55. The van der Waals surface area contributed by atoms with Crippen molar-refractivity contribution in [3.63, 3.8) is 0 Å². The molecule has 0 aliphatic heterocycles. The molecule has 0 saturated carbocycles. The lowest BCUT2D eigenvalue weighted by molar-refractivity contribution is 1.18. The van der Waals surface area contributed by atoms with Gasteiger partial charge in [0, 0.05) is 10.3 Å². The first-order chi connectivity index (χ1) is 5.81. The summed E-state index contributed by atoms with van der Waals surface area (Å²) in [4.78, 5) is 10.7. The number of nitrogens with zero attached hydrogens (tertiary/aromatic N) is 2. The number of rotatable bonds is 1. The van der Waals surface area contributed by atoms with Gasteiger partial charge in [-0.05, 0) is 28.4 Å². The lowest BCUT2D eigenvalue weighted by Gasteiger charge is -1.88. The highest BCUT2D eigenvalue weighted by Crippen LogP contribution is 2.28. The molecule has 2 aromatic rings. The number of fused-ring (bicyclic) bond motifs is 1. The minimum Gasteiger partial charge on any atom is -0.229 e. The summed E-state index contributed by atoms with van der Waals surface area (Å²) in [6.07, 6.45) is 2.65. The van der Waals surface area contributed by atoms with E-state index in [0.29, 0.717) is 0 Å². The molecule has 62 valence electrons. The van der Waals surface area contributed by atoms with Gasteiger partial charge in [0.25, 0.3) is 0 Å². The van der Waals surface area contributed by atoms with Crippen LogP contribution >= 0.6 is 27.3 Å². The second-order valence-corrected chi connectivity index (χ2v) is 4.32. The van der Waals surface area contributed by atoms with Crippen LogP contribution in [0.5, 0.6) is 0 Å². The topological polar surface area (TPSA) is 25.8 Å². The zero-order valence-electron chi connectivity index (χ0n) is 6.54. The predicted molar refractivity (Wildman–Crippen MR) is 54.5 cm³/mol. The van der Waals surface area contributed by atoms with Crippen LogP contribution in [0.25, 0.3) is 10.2 Å². The number of thiophene rings is 1. The third kappa shape index (κ3) is 1.25. The number of hydrogen-bond donors (Lipinski definition) is 0. The molecule has 0 N–H and O–H groups in total. The van der Waals surface area contributed by atoms with Crippen LogP contribution in [0.4, 0.5) is 0 Å². The molecule has 0 spiro atoms. The van der Waals surface area contributed by atoms with Crippen molar-refractivity contribution in [2.75, 3.05) is 0 Å². The van der Waals surface area contributed by atoms with Crippen molar-refractivity contribution in [3.05, 3.63) is 21.9 Å². The fraction of sp³-hybridized carbons (Fsp3) is 0.250. The summed E-state index contributed by atoms with van der Waals surface area (Å²) in [6, 6.07) is 2.14. The van der Waals surface area contributed by atoms with Crippen LogP contribution < -0.4 is 0 Å². The Morgan fingerprint density at radius 1 is 1.50 bits per heavy atom. The number of hydrogen-bond acceptors (Lipinski definition) is 3. The van der Waals surface area contributed by atoms with Crippen LogP contribution in [0.2, 0.25) is 0 Å². The summed E-state index contributed by atoms with van der Waals surface area (Å²) in [5.74, 6) is 0. The van der Waals surface area contributed by atoms with Crippen LogP contribution in [0, 0.1) is 0 Å². The SMILES string of the molecule is CCc1cc2c(Br)ncnc2s1. The van der Waals surface area contributed by atoms with Crippen LogP contribution in [-0.2, 0) is 6.42 Å². The number of aromatic nitrogens is 2. The first-order valence-corrected chi connectivity index (χ1v) is 5.31. The second kappa shape index (κ2) is 3.11. The van der Waals surface area contributed by atoms with Gasteiger partial charge < -0.3 is 0 Å². The number of halogens is 1. The van der Waals surface area contributed by atoms with Crippen molar-refractivity contribution in [3.8, 4) is 0 Å². The average Bonchev–Trinajstić information content (AvgIpc) is 2.49. The molecule has 0 aromatic carbocycles. The Bertz CT molecular complexity index is 410. The molecule has 0 bridgehead atoms. The summed E-state index contributed by atoms with van der Waals surface area (Å²) < 4.78 is 0.892. The molecule has 12 heavy (non-hydrogen) atoms. The molecule has 2 heterocycles. The minimum atomic E-state index is 0.892. The van der Waals surface area contributed by atoms with Crippen molar-refractivity contribution in [2.24, 2.45) is 0 Å². The average molecular weight is 243 g/mol. The molecule has 0 fully saturated rings. The van der Waals surface area contributed by atoms with Gasteiger partial charge in [-0.1, -0.05) is 6.92 Å². The third-order valence-electron chi connectivity index (χ3n) is 1.68. The van der Waals surface area contributed by atoms with Gasteiger partial charge in [0.05, 0.1) is 0 Å². The molecule has 0 radical (unpaired) electrons. The highest BCUT2D eigenvalue weighted by atomic mass is 79.9. The zero-order valence-corrected chi connectivity index (χ0v) is 8.94.